The second kappa shape index (κ2) is 5.00. The highest BCUT2D eigenvalue weighted by Gasteiger charge is 2.05. The van der Waals surface area contributed by atoms with Gasteiger partial charge < -0.3 is 11.1 Å². The Morgan fingerprint density at radius 1 is 0.864 bits per heavy atom. The molecule has 0 radical (unpaired) electrons. The van der Waals surface area contributed by atoms with Gasteiger partial charge in [0.05, 0.1) is 22.4 Å². The molecule has 106 valence electrons. The molecule has 0 bridgehead atoms. The highest BCUT2D eigenvalue weighted by molar-refractivity contribution is 5.98. The molecule has 0 fully saturated rings. The minimum Gasteiger partial charge on any atom is -0.397 e. The molecule has 4 rings (SSSR count). The fourth-order valence-electron chi connectivity index (χ4n) is 2.58. The van der Waals surface area contributed by atoms with Gasteiger partial charge in [0.2, 0.25) is 0 Å². The van der Waals surface area contributed by atoms with Crippen LogP contribution in [0.25, 0.3) is 21.8 Å². The molecule has 2 aromatic heterocycles. The molecule has 2 aromatic carbocycles. The first-order valence-electron chi connectivity index (χ1n) is 7.07. The summed E-state index contributed by atoms with van der Waals surface area (Å²) in [6.07, 6.45) is 1.75. The van der Waals surface area contributed by atoms with Crippen LogP contribution < -0.4 is 11.1 Å². The van der Waals surface area contributed by atoms with Gasteiger partial charge >= 0.3 is 0 Å². The van der Waals surface area contributed by atoms with E-state index in [1.165, 1.54) is 0 Å². The summed E-state index contributed by atoms with van der Waals surface area (Å²) in [5, 5.41) is 5.47. The lowest BCUT2D eigenvalue weighted by Crippen LogP contribution is -1.97. The largest absolute Gasteiger partial charge is 0.397 e. The number of aromatic nitrogens is 2. The molecule has 4 aromatic rings. The Labute approximate surface area is 127 Å². The Balaban J connectivity index is 1.80. The van der Waals surface area contributed by atoms with E-state index in [9.17, 15) is 0 Å². The number of benzene rings is 2. The zero-order chi connectivity index (χ0) is 14.9. The second-order valence-electron chi connectivity index (χ2n) is 5.12. The van der Waals surface area contributed by atoms with Gasteiger partial charge in [-0.3, -0.25) is 4.98 Å². The average Bonchev–Trinajstić information content (AvgIpc) is 2.56. The third-order valence-electron chi connectivity index (χ3n) is 3.66. The Bertz CT molecular complexity index is 979. The quantitative estimate of drug-likeness (QED) is 0.544. The molecule has 0 atom stereocenters. The number of nitrogens with zero attached hydrogens (tertiary/aromatic N) is 2. The van der Waals surface area contributed by atoms with Crippen molar-refractivity contribution in [2.24, 2.45) is 0 Å². The number of fused-ring (bicyclic) bond motifs is 2. The molecule has 4 nitrogen and oxygen atoms in total. The van der Waals surface area contributed by atoms with Gasteiger partial charge in [0.1, 0.15) is 5.82 Å². The molecule has 0 spiro atoms. The highest BCUT2D eigenvalue weighted by atomic mass is 15.0. The number of hydrogen-bond acceptors (Lipinski definition) is 4. The van der Waals surface area contributed by atoms with Gasteiger partial charge in [-0.05, 0) is 30.3 Å². The summed E-state index contributed by atoms with van der Waals surface area (Å²) in [7, 11) is 0. The van der Waals surface area contributed by atoms with Crippen LogP contribution in [0.2, 0.25) is 0 Å². The van der Waals surface area contributed by atoms with Crippen molar-refractivity contribution in [1.29, 1.82) is 0 Å². The number of nitrogens with one attached hydrogen (secondary N) is 1. The Hall–Kier alpha value is -3.14. The van der Waals surface area contributed by atoms with Crippen LogP contribution in [0.1, 0.15) is 0 Å². The molecule has 0 aliphatic heterocycles. The summed E-state index contributed by atoms with van der Waals surface area (Å²) in [6.45, 7) is 0. The minimum atomic E-state index is 0.674. The van der Waals surface area contributed by atoms with Crippen molar-refractivity contribution >= 4 is 39.0 Å². The van der Waals surface area contributed by atoms with Crippen molar-refractivity contribution in [3.63, 3.8) is 0 Å². The molecule has 3 N–H and O–H groups in total. The SMILES string of the molecule is Nc1cccc2c(Nc3ccc4ccccc4n3)ccnc12. The number of nitrogens with two attached hydrogens (primary N) is 1. The van der Waals surface area contributed by atoms with E-state index < -0.39 is 0 Å². The normalized spacial score (nSPS) is 10.9. The molecule has 0 aliphatic carbocycles. The van der Waals surface area contributed by atoms with Crippen LogP contribution >= 0.6 is 0 Å². The van der Waals surface area contributed by atoms with E-state index in [1.807, 2.05) is 48.5 Å². The van der Waals surface area contributed by atoms with Gasteiger partial charge in [0.25, 0.3) is 0 Å². The lowest BCUT2D eigenvalue weighted by atomic mass is 10.1. The lowest BCUT2D eigenvalue weighted by Gasteiger charge is -2.10. The predicted molar refractivity (Wildman–Crippen MR) is 91.2 cm³/mol. The zero-order valence-corrected chi connectivity index (χ0v) is 11.8. The molecule has 0 saturated carbocycles. The molecule has 0 unspecified atom stereocenters. The highest BCUT2D eigenvalue weighted by Crippen LogP contribution is 2.28. The maximum atomic E-state index is 5.99. The van der Waals surface area contributed by atoms with Crippen molar-refractivity contribution in [3.05, 3.63) is 66.9 Å². The van der Waals surface area contributed by atoms with E-state index in [4.69, 9.17) is 5.73 Å². The van der Waals surface area contributed by atoms with Crippen LogP contribution in [-0.2, 0) is 0 Å². The number of anilines is 3. The molecule has 0 amide bonds. The first-order chi connectivity index (χ1) is 10.8. The first kappa shape index (κ1) is 12.6. The van der Waals surface area contributed by atoms with Gasteiger partial charge in [0.15, 0.2) is 0 Å². The van der Waals surface area contributed by atoms with Gasteiger partial charge in [0, 0.05) is 17.0 Å². The summed E-state index contributed by atoms with van der Waals surface area (Å²) in [4.78, 5) is 8.98. The summed E-state index contributed by atoms with van der Waals surface area (Å²) < 4.78 is 0. The van der Waals surface area contributed by atoms with Crippen LogP contribution in [0.5, 0.6) is 0 Å². The third kappa shape index (κ3) is 2.11. The Morgan fingerprint density at radius 2 is 1.77 bits per heavy atom. The fraction of sp³-hybridized carbons (Fsp3) is 0. The molecule has 22 heavy (non-hydrogen) atoms. The van der Waals surface area contributed by atoms with E-state index in [0.29, 0.717) is 5.69 Å². The summed E-state index contributed by atoms with van der Waals surface area (Å²) in [5.41, 5.74) is 9.37. The molecule has 0 saturated heterocycles. The van der Waals surface area contributed by atoms with Crippen molar-refractivity contribution in [3.8, 4) is 0 Å². The average molecular weight is 286 g/mol. The number of rotatable bonds is 2. The number of pyridine rings is 2. The van der Waals surface area contributed by atoms with Crippen LogP contribution in [0, 0.1) is 0 Å². The van der Waals surface area contributed by atoms with Crippen LogP contribution in [0.3, 0.4) is 0 Å². The number of para-hydroxylation sites is 2. The third-order valence-corrected chi connectivity index (χ3v) is 3.66. The van der Waals surface area contributed by atoms with E-state index >= 15 is 0 Å². The first-order valence-corrected chi connectivity index (χ1v) is 7.07. The van der Waals surface area contributed by atoms with Crippen LogP contribution in [0.15, 0.2) is 66.9 Å². The number of hydrogen-bond donors (Lipinski definition) is 2. The van der Waals surface area contributed by atoms with E-state index in [0.717, 1.165) is 33.3 Å². The van der Waals surface area contributed by atoms with E-state index in [2.05, 4.69) is 27.4 Å². The molecule has 4 heteroatoms. The Kier molecular flexibility index (Phi) is 2.86. The van der Waals surface area contributed by atoms with Crippen LogP contribution in [0.4, 0.5) is 17.2 Å². The topological polar surface area (TPSA) is 63.8 Å². The second-order valence-corrected chi connectivity index (χ2v) is 5.12. The molecular weight excluding hydrogens is 272 g/mol. The van der Waals surface area contributed by atoms with E-state index in [-0.39, 0.29) is 0 Å². The monoisotopic (exact) mass is 286 g/mol. The summed E-state index contributed by atoms with van der Waals surface area (Å²) in [6, 6.07) is 19.8. The van der Waals surface area contributed by atoms with Gasteiger partial charge in [-0.2, -0.15) is 0 Å². The van der Waals surface area contributed by atoms with Crippen molar-refractivity contribution < 1.29 is 0 Å². The summed E-state index contributed by atoms with van der Waals surface area (Å²) >= 11 is 0. The molecule has 0 aliphatic rings. The maximum absolute atomic E-state index is 5.99. The number of nitrogen functional groups attached to an aromatic ring is 1. The minimum absolute atomic E-state index is 0.674. The molecule has 2 heterocycles. The maximum Gasteiger partial charge on any atom is 0.131 e. The standard InChI is InChI=1S/C18H14N4/c19-14-6-3-5-13-16(10-11-20-18(13)14)22-17-9-8-12-4-1-2-7-15(12)21-17/h1-11H,19H2,(H,20,21,22). The zero-order valence-electron chi connectivity index (χ0n) is 11.8. The van der Waals surface area contributed by atoms with Crippen molar-refractivity contribution in [1.82, 2.24) is 9.97 Å². The predicted octanol–water partition coefficient (Wildman–Crippen LogP) is 4.11. The van der Waals surface area contributed by atoms with Gasteiger partial charge in [-0.1, -0.05) is 30.3 Å². The van der Waals surface area contributed by atoms with Crippen molar-refractivity contribution in [2.45, 2.75) is 0 Å². The van der Waals surface area contributed by atoms with Gasteiger partial charge in [-0.15, -0.1) is 0 Å². The fourth-order valence-corrected chi connectivity index (χ4v) is 2.58. The Morgan fingerprint density at radius 3 is 2.73 bits per heavy atom. The van der Waals surface area contributed by atoms with Crippen LogP contribution in [-0.4, -0.2) is 9.97 Å². The smallest absolute Gasteiger partial charge is 0.131 e. The van der Waals surface area contributed by atoms with Crippen molar-refractivity contribution in [2.75, 3.05) is 11.1 Å². The lowest BCUT2D eigenvalue weighted by molar-refractivity contribution is 1.36. The summed E-state index contributed by atoms with van der Waals surface area (Å²) in [5.74, 6) is 0.800. The molecular formula is C18H14N4. The van der Waals surface area contributed by atoms with Gasteiger partial charge in [-0.25, -0.2) is 4.98 Å². The van der Waals surface area contributed by atoms with E-state index in [1.54, 1.807) is 6.20 Å².